The highest BCUT2D eigenvalue weighted by atomic mass is 35.5. The van der Waals surface area contributed by atoms with Crippen LogP contribution in [0.2, 0.25) is 15.1 Å². The molecule has 0 radical (unpaired) electrons. The molecule has 0 bridgehead atoms. The van der Waals surface area contributed by atoms with E-state index in [0.717, 1.165) is 0 Å². The first kappa shape index (κ1) is 19.2. The minimum Gasteiger partial charge on any atom is -0.493 e. The number of nitrogens with zero attached hydrogens (tertiary/aromatic N) is 1. The van der Waals surface area contributed by atoms with Gasteiger partial charge in [0, 0.05) is 6.07 Å². The molecule has 2 aromatic carbocycles. The van der Waals surface area contributed by atoms with Crippen LogP contribution in [0.4, 0.5) is 5.69 Å². The van der Waals surface area contributed by atoms with Crippen molar-refractivity contribution in [2.75, 3.05) is 12.4 Å². The maximum Gasteiger partial charge on any atom is 0.265 e. The third-order valence-corrected chi connectivity index (χ3v) is 4.27. The number of rotatable bonds is 5. The van der Waals surface area contributed by atoms with Crippen molar-refractivity contribution in [1.82, 2.24) is 0 Å². The lowest BCUT2D eigenvalue weighted by Gasteiger charge is -2.17. The summed E-state index contributed by atoms with van der Waals surface area (Å²) in [4.78, 5) is 12.3. The monoisotopic (exact) mass is 398 g/mol. The Bertz CT molecular complexity index is 850. The van der Waals surface area contributed by atoms with Crippen LogP contribution in [-0.4, -0.2) is 19.1 Å². The van der Waals surface area contributed by atoms with Crippen molar-refractivity contribution >= 4 is 46.4 Å². The summed E-state index contributed by atoms with van der Waals surface area (Å²) in [6.45, 7) is 1.57. The van der Waals surface area contributed by atoms with E-state index >= 15 is 0 Å². The van der Waals surface area contributed by atoms with Gasteiger partial charge in [0.1, 0.15) is 0 Å². The second-order valence-electron chi connectivity index (χ2n) is 4.97. The van der Waals surface area contributed by atoms with Crippen molar-refractivity contribution in [2.24, 2.45) is 0 Å². The minimum atomic E-state index is -0.854. The number of halogens is 3. The lowest BCUT2D eigenvalue weighted by atomic mass is 10.2. The number of amides is 1. The number of carbonyl (C=O) groups excluding carboxylic acids is 1. The fourth-order valence-corrected chi connectivity index (χ4v) is 2.53. The average Bonchev–Trinajstić information content (AvgIpc) is 2.59. The predicted octanol–water partition coefficient (Wildman–Crippen LogP) is 4.93. The Morgan fingerprint density at radius 3 is 2.44 bits per heavy atom. The van der Waals surface area contributed by atoms with Gasteiger partial charge in [-0.05, 0) is 31.2 Å². The van der Waals surface area contributed by atoms with Gasteiger partial charge < -0.3 is 14.8 Å². The molecular weight excluding hydrogens is 387 g/mol. The number of hydrogen-bond donors (Lipinski definition) is 1. The van der Waals surface area contributed by atoms with E-state index in [2.05, 4.69) is 5.32 Å². The molecule has 0 aliphatic carbocycles. The third kappa shape index (κ3) is 4.70. The van der Waals surface area contributed by atoms with E-state index in [9.17, 15) is 4.79 Å². The topological polar surface area (TPSA) is 71.3 Å². The molecule has 0 saturated heterocycles. The van der Waals surface area contributed by atoms with E-state index in [1.165, 1.54) is 25.3 Å². The molecule has 2 aromatic rings. The van der Waals surface area contributed by atoms with Crippen molar-refractivity contribution in [3.05, 3.63) is 51.0 Å². The molecule has 0 aliphatic heterocycles. The molecule has 2 rings (SSSR count). The van der Waals surface area contributed by atoms with Gasteiger partial charge in [-0.1, -0.05) is 34.8 Å². The first-order valence-corrected chi connectivity index (χ1v) is 8.19. The van der Waals surface area contributed by atoms with Crippen LogP contribution in [0.1, 0.15) is 12.5 Å². The molecule has 0 fully saturated rings. The van der Waals surface area contributed by atoms with Gasteiger partial charge in [0.15, 0.2) is 17.6 Å². The maximum atomic E-state index is 12.3. The van der Waals surface area contributed by atoms with E-state index in [4.69, 9.17) is 49.5 Å². The Hall–Kier alpha value is -2.13. The Balaban J connectivity index is 2.14. The van der Waals surface area contributed by atoms with Crippen LogP contribution in [0, 0.1) is 11.3 Å². The van der Waals surface area contributed by atoms with Crippen LogP contribution in [0.3, 0.4) is 0 Å². The van der Waals surface area contributed by atoms with Crippen LogP contribution < -0.4 is 14.8 Å². The van der Waals surface area contributed by atoms with E-state index in [0.29, 0.717) is 22.7 Å². The second kappa shape index (κ2) is 8.30. The average molecular weight is 400 g/mol. The Morgan fingerprint density at radius 2 is 1.80 bits per heavy atom. The van der Waals surface area contributed by atoms with Crippen molar-refractivity contribution in [1.29, 1.82) is 5.26 Å². The molecule has 1 amide bonds. The second-order valence-corrected chi connectivity index (χ2v) is 6.19. The Morgan fingerprint density at radius 1 is 1.12 bits per heavy atom. The van der Waals surface area contributed by atoms with Crippen LogP contribution in [-0.2, 0) is 4.79 Å². The SMILES string of the molecule is COc1cc(C#N)ccc1OC(C)C(=O)Nc1cc(Cl)c(Cl)cc1Cl. The zero-order valence-electron chi connectivity index (χ0n) is 13.3. The molecule has 0 aromatic heterocycles. The summed E-state index contributed by atoms with van der Waals surface area (Å²) in [6.07, 6.45) is -0.854. The first-order valence-electron chi connectivity index (χ1n) is 7.06. The van der Waals surface area contributed by atoms with Crippen LogP contribution in [0.25, 0.3) is 0 Å². The van der Waals surface area contributed by atoms with Gasteiger partial charge in [-0.25, -0.2) is 0 Å². The molecule has 1 atom stereocenters. The molecule has 1 unspecified atom stereocenters. The number of methoxy groups -OCH3 is 1. The number of hydrogen-bond acceptors (Lipinski definition) is 4. The summed E-state index contributed by atoms with van der Waals surface area (Å²) in [5.41, 5.74) is 0.743. The van der Waals surface area contributed by atoms with Gasteiger partial charge in [-0.3, -0.25) is 4.79 Å². The lowest BCUT2D eigenvalue weighted by molar-refractivity contribution is -0.122. The Labute approximate surface area is 160 Å². The molecule has 0 aliphatic rings. The predicted molar refractivity (Wildman–Crippen MR) is 97.9 cm³/mol. The largest absolute Gasteiger partial charge is 0.493 e. The van der Waals surface area contributed by atoms with Gasteiger partial charge in [0.2, 0.25) is 0 Å². The normalized spacial score (nSPS) is 11.4. The number of ether oxygens (including phenoxy) is 2. The molecule has 0 spiro atoms. The summed E-state index contributed by atoms with van der Waals surface area (Å²) < 4.78 is 10.8. The fraction of sp³-hybridized carbons (Fsp3) is 0.176. The molecule has 5 nitrogen and oxygen atoms in total. The third-order valence-electron chi connectivity index (χ3n) is 3.23. The summed E-state index contributed by atoms with van der Waals surface area (Å²) in [6, 6.07) is 9.55. The summed E-state index contributed by atoms with van der Waals surface area (Å²) >= 11 is 17.8. The highest BCUT2D eigenvalue weighted by Crippen LogP contribution is 2.33. The summed E-state index contributed by atoms with van der Waals surface area (Å²) in [5.74, 6) is 0.252. The standard InChI is InChI=1S/C17H13Cl3N2O3/c1-9(25-15-4-3-10(8-21)5-16(15)24-2)17(23)22-14-7-12(19)11(18)6-13(14)20/h3-7,9H,1-2H3,(H,22,23). The lowest BCUT2D eigenvalue weighted by Crippen LogP contribution is -2.30. The van der Waals surface area contributed by atoms with Gasteiger partial charge in [0.05, 0.1) is 39.5 Å². The van der Waals surface area contributed by atoms with Crippen molar-refractivity contribution in [3.63, 3.8) is 0 Å². The number of nitriles is 1. The van der Waals surface area contributed by atoms with Gasteiger partial charge >= 0.3 is 0 Å². The van der Waals surface area contributed by atoms with Gasteiger partial charge in [-0.2, -0.15) is 5.26 Å². The number of nitrogens with one attached hydrogen (secondary N) is 1. The minimum absolute atomic E-state index is 0.255. The van der Waals surface area contributed by atoms with E-state index < -0.39 is 12.0 Å². The Kier molecular flexibility index (Phi) is 6.38. The van der Waals surface area contributed by atoms with Crippen molar-refractivity contribution < 1.29 is 14.3 Å². The molecule has 0 heterocycles. The van der Waals surface area contributed by atoms with Crippen LogP contribution in [0.15, 0.2) is 30.3 Å². The number of carbonyl (C=O) groups is 1. The molecule has 0 saturated carbocycles. The van der Waals surface area contributed by atoms with Crippen molar-refractivity contribution in [3.8, 4) is 17.6 Å². The zero-order valence-corrected chi connectivity index (χ0v) is 15.5. The van der Waals surface area contributed by atoms with Crippen LogP contribution >= 0.6 is 34.8 Å². The smallest absolute Gasteiger partial charge is 0.265 e. The molecule has 130 valence electrons. The fourth-order valence-electron chi connectivity index (χ4n) is 1.93. The van der Waals surface area contributed by atoms with E-state index in [-0.39, 0.29) is 15.1 Å². The van der Waals surface area contributed by atoms with Gasteiger partial charge in [0.25, 0.3) is 5.91 Å². The number of anilines is 1. The van der Waals surface area contributed by atoms with E-state index in [1.807, 2.05) is 6.07 Å². The molecule has 8 heteroatoms. The zero-order chi connectivity index (χ0) is 18.6. The van der Waals surface area contributed by atoms with Gasteiger partial charge in [-0.15, -0.1) is 0 Å². The highest BCUT2D eigenvalue weighted by Gasteiger charge is 2.19. The van der Waals surface area contributed by atoms with Crippen molar-refractivity contribution in [2.45, 2.75) is 13.0 Å². The highest BCUT2D eigenvalue weighted by molar-refractivity contribution is 6.44. The maximum absolute atomic E-state index is 12.3. The first-order chi connectivity index (χ1) is 11.8. The molecule has 1 N–H and O–H groups in total. The van der Waals surface area contributed by atoms with E-state index in [1.54, 1.807) is 19.1 Å². The molecular formula is C17H13Cl3N2O3. The number of benzene rings is 2. The van der Waals surface area contributed by atoms with Crippen LogP contribution in [0.5, 0.6) is 11.5 Å². The summed E-state index contributed by atoms with van der Waals surface area (Å²) in [7, 11) is 1.45. The quantitative estimate of drug-likeness (QED) is 0.723. The summed E-state index contributed by atoms with van der Waals surface area (Å²) in [5, 5.41) is 12.3. The molecule has 25 heavy (non-hydrogen) atoms.